The molecule has 2 N–H and O–H groups in total. The summed E-state index contributed by atoms with van der Waals surface area (Å²) in [7, 11) is 0. The summed E-state index contributed by atoms with van der Waals surface area (Å²) in [6.45, 7) is 6.52. The molecular weight excluding hydrogens is 466 g/mol. The minimum atomic E-state index is -1.06. The van der Waals surface area contributed by atoms with Crippen LogP contribution in [0.15, 0.2) is 71.8 Å². The first-order chi connectivity index (χ1) is 16.2. The minimum absolute atomic E-state index is 0.0711. The van der Waals surface area contributed by atoms with E-state index in [9.17, 15) is 15.2 Å². The zero-order valence-corrected chi connectivity index (χ0v) is 20.5. The monoisotopic (exact) mass is 487 g/mol. The van der Waals surface area contributed by atoms with Crippen molar-refractivity contribution in [2.45, 2.75) is 31.1 Å². The Bertz CT molecular complexity index is 1440. The molecule has 3 aromatic carbocycles. The number of aromatic nitrogens is 1. The highest BCUT2D eigenvalue weighted by atomic mass is 35.5. The number of carboxylic acid groups (broad SMARTS) is 1. The Labute approximate surface area is 207 Å². The molecule has 0 saturated carbocycles. The van der Waals surface area contributed by atoms with E-state index in [0.717, 1.165) is 4.90 Å². The molecule has 34 heavy (non-hydrogen) atoms. The highest BCUT2D eigenvalue weighted by Crippen LogP contribution is 2.42. The summed E-state index contributed by atoms with van der Waals surface area (Å²) < 4.78 is 3.37. The number of anilines is 1. The number of carbonyl (C=O) groups is 1. The summed E-state index contributed by atoms with van der Waals surface area (Å²) in [5.41, 5.74) is 4.15. The van der Waals surface area contributed by atoms with E-state index in [4.69, 9.17) is 11.6 Å². The van der Waals surface area contributed by atoms with E-state index >= 15 is 0 Å². The maximum Gasteiger partial charge on any atom is 0.337 e. The molecule has 0 atom stereocenters. The van der Waals surface area contributed by atoms with Crippen LogP contribution in [-0.4, -0.2) is 16.1 Å². The summed E-state index contributed by atoms with van der Waals surface area (Å²) in [4.78, 5) is 17.0. The molecule has 0 aliphatic heterocycles. The number of hydrogen-bond donors (Lipinski definition) is 2. The van der Waals surface area contributed by atoms with Crippen LogP contribution < -0.4 is 4.72 Å². The van der Waals surface area contributed by atoms with Crippen molar-refractivity contribution in [3.63, 3.8) is 0 Å². The number of halogens is 1. The molecule has 5 nitrogen and oxygen atoms in total. The summed E-state index contributed by atoms with van der Waals surface area (Å²) in [6.07, 6.45) is 1.56. The van der Waals surface area contributed by atoms with Crippen molar-refractivity contribution < 1.29 is 9.90 Å². The average Bonchev–Trinajstić information content (AvgIpc) is 2.82. The predicted molar refractivity (Wildman–Crippen MR) is 138 cm³/mol. The summed E-state index contributed by atoms with van der Waals surface area (Å²) >= 11 is 8.13. The second-order valence-corrected chi connectivity index (χ2v) is 10.1. The standard InChI is InChI=1S/C27H22ClN3O2S/c1-27(2,3)17-7-9-18(10-8-17)34-31-22-13-6-16(15-29)24(28)23(22)19-11-12-21(26(32)33)25-20(19)5-4-14-30-25/h4-14,31H,1-3H3,(H,32,33). The molecule has 1 aromatic heterocycles. The van der Waals surface area contributed by atoms with E-state index in [-0.39, 0.29) is 11.0 Å². The van der Waals surface area contributed by atoms with Crippen LogP contribution >= 0.6 is 23.5 Å². The number of aromatic carboxylic acids is 1. The molecule has 0 spiro atoms. The van der Waals surface area contributed by atoms with Gasteiger partial charge in [-0.15, -0.1) is 0 Å². The Balaban J connectivity index is 1.79. The van der Waals surface area contributed by atoms with Crippen molar-refractivity contribution in [3.05, 3.63) is 88.6 Å². The van der Waals surface area contributed by atoms with Crippen LogP contribution in [0.1, 0.15) is 42.3 Å². The van der Waals surface area contributed by atoms with Crippen LogP contribution in [0.25, 0.3) is 22.0 Å². The maximum atomic E-state index is 11.7. The van der Waals surface area contributed by atoms with Crippen LogP contribution in [0.2, 0.25) is 5.02 Å². The number of carboxylic acids is 1. The predicted octanol–water partition coefficient (Wildman–Crippen LogP) is 7.54. The smallest absolute Gasteiger partial charge is 0.337 e. The second kappa shape index (κ2) is 9.38. The number of rotatable bonds is 5. The van der Waals surface area contributed by atoms with Gasteiger partial charge in [0.25, 0.3) is 0 Å². The molecular formula is C27H22ClN3O2S. The van der Waals surface area contributed by atoms with Crippen LogP contribution in [0, 0.1) is 11.3 Å². The maximum absolute atomic E-state index is 11.7. The topological polar surface area (TPSA) is 86.0 Å². The SMILES string of the molecule is CC(C)(C)c1ccc(SNc2ccc(C#N)c(Cl)c2-c2ccc(C(=O)O)c3ncccc23)cc1. The average molecular weight is 488 g/mol. The van der Waals surface area contributed by atoms with E-state index in [2.05, 4.69) is 60.8 Å². The molecule has 7 heteroatoms. The van der Waals surface area contributed by atoms with Gasteiger partial charge in [-0.1, -0.05) is 56.6 Å². The zero-order chi connectivity index (χ0) is 24.5. The molecule has 0 saturated heterocycles. The van der Waals surface area contributed by atoms with Gasteiger partial charge in [0.15, 0.2) is 0 Å². The third-order valence-electron chi connectivity index (χ3n) is 5.53. The number of nitrogens with zero attached hydrogens (tertiary/aromatic N) is 2. The van der Waals surface area contributed by atoms with Gasteiger partial charge in [0.05, 0.1) is 27.4 Å². The van der Waals surface area contributed by atoms with E-state index in [1.807, 2.05) is 12.1 Å². The molecule has 4 rings (SSSR count). The highest BCUT2D eigenvalue weighted by molar-refractivity contribution is 8.00. The Morgan fingerprint density at radius 1 is 1.09 bits per heavy atom. The fourth-order valence-corrected chi connectivity index (χ4v) is 4.69. The lowest BCUT2D eigenvalue weighted by Gasteiger charge is -2.19. The quantitative estimate of drug-likeness (QED) is 0.283. The number of fused-ring (bicyclic) bond motifs is 1. The Hall–Kier alpha value is -3.53. The van der Waals surface area contributed by atoms with E-state index in [1.165, 1.54) is 23.6 Å². The Morgan fingerprint density at radius 2 is 1.82 bits per heavy atom. The van der Waals surface area contributed by atoms with Crippen LogP contribution in [0.3, 0.4) is 0 Å². The summed E-state index contributed by atoms with van der Waals surface area (Å²) in [5.74, 6) is -1.06. The molecule has 0 fully saturated rings. The number of pyridine rings is 1. The molecule has 0 aliphatic rings. The van der Waals surface area contributed by atoms with Gasteiger partial charge in [-0.2, -0.15) is 5.26 Å². The van der Waals surface area contributed by atoms with Crippen molar-refractivity contribution in [3.8, 4) is 17.2 Å². The number of nitriles is 1. The minimum Gasteiger partial charge on any atom is -0.478 e. The molecule has 0 radical (unpaired) electrons. The van der Waals surface area contributed by atoms with Crippen molar-refractivity contribution >= 4 is 46.1 Å². The van der Waals surface area contributed by atoms with Gasteiger partial charge in [-0.3, -0.25) is 4.98 Å². The molecule has 170 valence electrons. The molecule has 1 heterocycles. The molecule has 0 amide bonds. The zero-order valence-electron chi connectivity index (χ0n) is 18.9. The van der Waals surface area contributed by atoms with Gasteiger partial charge < -0.3 is 9.83 Å². The largest absolute Gasteiger partial charge is 0.478 e. The fourth-order valence-electron chi connectivity index (χ4n) is 3.71. The van der Waals surface area contributed by atoms with Crippen LogP contribution in [-0.2, 0) is 5.41 Å². The van der Waals surface area contributed by atoms with Gasteiger partial charge in [0, 0.05) is 22.0 Å². The lowest BCUT2D eigenvalue weighted by atomic mass is 9.87. The fraction of sp³-hybridized carbons (Fsp3) is 0.148. The van der Waals surface area contributed by atoms with Crippen molar-refractivity contribution in [1.29, 1.82) is 5.26 Å². The summed E-state index contributed by atoms with van der Waals surface area (Å²) in [5, 5.41) is 20.1. The number of benzene rings is 3. The van der Waals surface area contributed by atoms with Crippen molar-refractivity contribution in [2.24, 2.45) is 0 Å². The molecule has 0 aliphatic carbocycles. The van der Waals surface area contributed by atoms with Crippen LogP contribution in [0.5, 0.6) is 0 Å². The van der Waals surface area contributed by atoms with E-state index in [1.54, 1.807) is 24.4 Å². The first kappa shape index (κ1) is 23.6. The first-order valence-electron chi connectivity index (χ1n) is 10.6. The lowest BCUT2D eigenvalue weighted by molar-refractivity contribution is 0.0699. The molecule has 0 bridgehead atoms. The van der Waals surface area contributed by atoms with Gasteiger partial charge in [0.2, 0.25) is 0 Å². The third kappa shape index (κ3) is 4.58. The number of nitrogens with one attached hydrogen (secondary N) is 1. The first-order valence-corrected chi connectivity index (χ1v) is 11.8. The van der Waals surface area contributed by atoms with Crippen molar-refractivity contribution in [2.75, 3.05) is 4.72 Å². The van der Waals surface area contributed by atoms with E-state index in [0.29, 0.717) is 38.3 Å². The number of hydrogen-bond acceptors (Lipinski definition) is 5. The normalized spacial score (nSPS) is 11.3. The van der Waals surface area contributed by atoms with Gasteiger partial charge >= 0.3 is 5.97 Å². The second-order valence-electron chi connectivity index (χ2n) is 8.81. The Morgan fingerprint density at radius 3 is 2.47 bits per heavy atom. The van der Waals surface area contributed by atoms with Gasteiger partial charge in [-0.05, 0) is 64.9 Å². The molecule has 4 aromatic rings. The van der Waals surface area contributed by atoms with E-state index < -0.39 is 5.97 Å². The van der Waals surface area contributed by atoms with Gasteiger partial charge in [-0.25, -0.2) is 4.79 Å². The van der Waals surface area contributed by atoms with Crippen molar-refractivity contribution in [1.82, 2.24) is 4.98 Å². The van der Waals surface area contributed by atoms with Crippen LogP contribution in [0.4, 0.5) is 5.69 Å². The lowest BCUT2D eigenvalue weighted by Crippen LogP contribution is -2.10. The van der Waals surface area contributed by atoms with Gasteiger partial charge in [0.1, 0.15) is 6.07 Å². The third-order valence-corrected chi connectivity index (χ3v) is 6.75. The summed E-state index contributed by atoms with van der Waals surface area (Å²) in [6, 6.07) is 20.7. The molecule has 0 unspecified atom stereocenters. The Kier molecular flexibility index (Phi) is 6.52. The highest BCUT2D eigenvalue weighted by Gasteiger charge is 2.20.